The zero-order valence-electron chi connectivity index (χ0n) is 12.1. The second-order valence-electron chi connectivity index (χ2n) is 5.37. The summed E-state index contributed by atoms with van der Waals surface area (Å²) in [5, 5.41) is 0. The molecule has 1 aliphatic heterocycles. The van der Waals surface area contributed by atoms with E-state index < -0.39 is 0 Å². The van der Waals surface area contributed by atoms with Crippen molar-refractivity contribution in [2.45, 2.75) is 6.54 Å². The average molecular weight is 298 g/mol. The second kappa shape index (κ2) is 5.69. The lowest BCUT2D eigenvalue weighted by atomic mass is 10.1. The van der Waals surface area contributed by atoms with Crippen LogP contribution in [0.4, 0.5) is 4.39 Å². The minimum absolute atomic E-state index is 0.198. The topological polar surface area (TPSA) is 40.6 Å². The zero-order valence-corrected chi connectivity index (χ0v) is 12.1. The van der Waals surface area contributed by atoms with Gasteiger partial charge in [-0.25, -0.2) is 4.39 Å². The molecule has 0 aliphatic carbocycles. The van der Waals surface area contributed by atoms with Crippen LogP contribution < -0.4 is 0 Å². The summed E-state index contributed by atoms with van der Waals surface area (Å²) < 4.78 is 12.9. The van der Waals surface area contributed by atoms with E-state index in [1.54, 1.807) is 36.4 Å². The van der Waals surface area contributed by atoms with Crippen molar-refractivity contribution in [3.05, 3.63) is 71.0 Å². The molecule has 2 amide bonds. The minimum atomic E-state index is -0.285. The van der Waals surface area contributed by atoms with Gasteiger partial charge >= 0.3 is 0 Å². The average Bonchev–Trinajstić information content (AvgIpc) is 2.75. The van der Waals surface area contributed by atoms with Crippen LogP contribution in [0.15, 0.2) is 48.5 Å². The van der Waals surface area contributed by atoms with Gasteiger partial charge in [-0.1, -0.05) is 24.3 Å². The van der Waals surface area contributed by atoms with Gasteiger partial charge in [-0.3, -0.25) is 19.4 Å². The molecule has 5 heteroatoms. The second-order valence-corrected chi connectivity index (χ2v) is 5.37. The summed E-state index contributed by atoms with van der Waals surface area (Å²) in [6, 6.07) is 13.0. The number of imide groups is 1. The van der Waals surface area contributed by atoms with E-state index in [0.717, 1.165) is 5.56 Å². The summed E-state index contributed by atoms with van der Waals surface area (Å²) in [6.07, 6.45) is 0. The number of carbonyl (C=O) groups excluding carboxylic acids is 2. The summed E-state index contributed by atoms with van der Waals surface area (Å²) in [7, 11) is 1.81. The van der Waals surface area contributed by atoms with Gasteiger partial charge in [-0.05, 0) is 36.9 Å². The fraction of sp³-hybridized carbons (Fsp3) is 0.176. The standard InChI is InChI=1S/C17H15FN2O2/c1-19(10-12-6-8-13(18)9-7-12)11-20-16(21)14-4-2-3-5-15(14)17(20)22/h2-9H,10-11H2,1H3. The maximum Gasteiger partial charge on any atom is 0.262 e. The van der Waals surface area contributed by atoms with Gasteiger partial charge in [-0.2, -0.15) is 0 Å². The van der Waals surface area contributed by atoms with E-state index in [1.165, 1.54) is 17.0 Å². The molecule has 0 fully saturated rings. The van der Waals surface area contributed by atoms with Crippen LogP contribution in [0.2, 0.25) is 0 Å². The van der Waals surface area contributed by atoms with Crippen LogP contribution in [0.1, 0.15) is 26.3 Å². The lowest BCUT2D eigenvalue weighted by Crippen LogP contribution is -2.39. The maximum atomic E-state index is 12.9. The number of fused-ring (bicyclic) bond motifs is 1. The molecule has 22 heavy (non-hydrogen) atoms. The monoisotopic (exact) mass is 298 g/mol. The summed E-state index contributed by atoms with van der Waals surface area (Å²) in [4.78, 5) is 27.6. The number of rotatable bonds is 4. The Bertz CT molecular complexity index is 693. The van der Waals surface area contributed by atoms with Gasteiger partial charge in [0, 0.05) is 6.54 Å². The fourth-order valence-electron chi connectivity index (χ4n) is 2.56. The lowest BCUT2D eigenvalue weighted by Gasteiger charge is -2.22. The van der Waals surface area contributed by atoms with Gasteiger partial charge in [0.05, 0.1) is 17.8 Å². The van der Waals surface area contributed by atoms with E-state index in [2.05, 4.69) is 0 Å². The number of hydrogen-bond acceptors (Lipinski definition) is 3. The third-order valence-electron chi connectivity index (χ3n) is 3.63. The number of carbonyl (C=O) groups is 2. The Hall–Kier alpha value is -2.53. The molecule has 0 spiro atoms. The van der Waals surface area contributed by atoms with Gasteiger partial charge in [0.25, 0.3) is 11.8 Å². The zero-order chi connectivity index (χ0) is 15.7. The van der Waals surface area contributed by atoms with Crippen molar-refractivity contribution in [3.8, 4) is 0 Å². The molecule has 2 aromatic carbocycles. The fourth-order valence-corrected chi connectivity index (χ4v) is 2.56. The first-order valence-electron chi connectivity index (χ1n) is 6.94. The van der Waals surface area contributed by atoms with E-state index in [9.17, 15) is 14.0 Å². The number of halogens is 1. The molecule has 3 rings (SSSR count). The third-order valence-corrected chi connectivity index (χ3v) is 3.63. The number of nitrogens with zero attached hydrogens (tertiary/aromatic N) is 2. The van der Waals surface area contributed by atoms with E-state index in [0.29, 0.717) is 17.7 Å². The summed E-state index contributed by atoms with van der Waals surface area (Å²) in [5.41, 5.74) is 1.81. The van der Waals surface area contributed by atoms with Crippen molar-refractivity contribution >= 4 is 11.8 Å². The summed E-state index contributed by atoms with van der Waals surface area (Å²) >= 11 is 0. The van der Waals surface area contributed by atoms with Crippen LogP contribution in [-0.2, 0) is 6.54 Å². The molecule has 0 N–H and O–H groups in total. The summed E-state index contributed by atoms with van der Waals surface area (Å²) in [6.45, 7) is 0.720. The predicted molar refractivity (Wildman–Crippen MR) is 79.7 cm³/mol. The third kappa shape index (κ3) is 2.63. The van der Waals surface area contributed by atoms with Crippen LogP contribution in [-0.4, -0.2) is 35.3 Å². The lowest BCUT2D eigenvalue weighted by molar-refractivity contribution is 0.0559. The Labute approximate surface area is 127 Å². The first kappa shape index (κ1) is 14.4. The van der Waals surface area contributed by atoms with E-state index in [4.69, 9.17) is 0 Å². The van der Waals surface area contributed by atoms with Crippen LogP contribution >= 0.6 is 0 Å². The molecule has 0 bridgehead atoms. The first-order chi connectivity index (χ1) is 10.6. The Morgan fingerprint density at radius 1 is 0.955 bits per heavy atom. The van der Waals surface area contributed by atoms with Crippen LogP contribution in [0.3, 0.4) is 0 Å². The number of benzene rings is 2. The smallest absolute Gasteiger partial charge is 0.262 e. The van der Waals surface area contributed by atoms with Crippen molar-refractivity contribution in [2.24, 2.45) is 0 Å². The highest BCUT2D eigenvalue weighted by molar-refractivity contribution is 6.21. The first-order valence-corrected chi connectivity index (χ1v) is 6.94. The van der Waals surface area contributed by atoms with Crippen LogP contribution in [0.5, 0.6) is 0 Å². The molecule has 2 aromatic rings. The van der Waals surface area contributed by atoms with Crippen molar-refractivity contribution in [3.63, 3.8) is 0 Å². The van der Waals surface area contributed by atoms with E-state index in [-0.39, 0.29) is 24.3 Å². The molecular formula is C17H15FN2O2. The van der Waals surface area contributed by atoms with Gasteiger partial charge in [0.1, 0.15) is 5.82 Å². The molecule has 0 saturated heterocycles. The predicted octanol–water partition coefficient (Wildman–Crippen LogP) is 2.51. The van der Waals surface area contributed by atoms with Gasteiger partial charge < -0.3 is 0 Å². The maximum absolute atomic E-state index is 12.9. The highest BCUT2D eigenvalue weighted by Gasteiger charge is 2.35. The summed E-state index contributed by atoms with van der Waals surface area (Å²) in [5.74, 6) is -0.829. The van der Waals surface area contributed by atoms with Crippen molar-refractivity contribution in [2.75, 3.05) is 13.7 Å². The van der Waals surface area contributed by atoms with Crippen molar-refractivity contribution in [1.29, 1.82) is 0 Å². The molecule has 1 aliphatic rings. The molecule has 0 radical (unpaired) electrons. The van der Waals surface area contributed by atoms with Crippen LogP contribution in [0.25, 0.3) is 0 Å². The quantitative estimate of drug-likeness (QED) is 0.814. The molecule has 0 saturated carbocycles. The van der Waals surface area contributed by atoms with Gasteiger partial charge in [-0.15, -0.1) is 0 Å². The minimum Gasteiger partial charge on any atom is -0.284 e. The molecule has 4 nitrogen and oxygen atoms in total. The van der Waals surface area contributed by atoms with Gasteiger partial charge in [0.2, 0.25) is 0 Å². The Morgan fingerprint density at radius 3 is 2.05 bits per heavy atom. The van der Waals surface area contributed by atoms with Crippen LogP contribution in [0, 0.1) is 5.82 Å². The van der Waals surface area contributed by atoms with E-state index in [1.807, 2.05) is 11.9 Å². The molecule has 1 heterocycles. The van der Waals surface area contributed by atoms with Gasteiger partial charge in [0.15, 0.2) is 0 Å². The molecule has 0 aromatic heterocycles. The molecule has 0 unspecified atom stereocenters. The van der Waals surface area contributed by atoms with Crippen molar-refractivity contribution < 1.29 is 14.0 Å². The highest BCUT2D eigenvalue weighted by atomic mass is 19.1. The molecule has 112 valence electrons. The molecule has 0 atom stereocenters. The number of hydrogen-bond donors (Lipinski definition) is 0. The largest absolute Gasteiger partial charge is 0.284 e. The SMILES string of the molecule is CN(Cc1ccc(F)cc1)CN1C(=O)c2ccccc2C1=O. The van der Waals surface area contributed by atoms with E-state index >= 15 is 0 Å². The highest BCUT2D eigenvalue weighted by Crippen LogP contribution is 2.22. The Balaban J connectivity index is 1.70. The number of amides is 2. The molecular weight excluding hydrogens is 283 g/mol. The Morgan fingerprint density at radius 2 is 1.50 bits per heavy atom. The Kier molecular flexibility index (Phi) is 3.73. The normalized spacial score (nSPS) is 13.9. The van der Waals surface area contributed by atoms with Crippen molar-refractivity contribution in [1.82, 2.24) is 9.80 Å².